The van der Waals surface area contributed by atoms with Crippen molar-refractivity contribution in [3.63, 3.8) is 0 Å². The number of carbonyl (C=O) groups is 3. The summed E-state index contributed by atoms with van der Waals surface area (Å²) in [6, 6.07) is -1.08. The lowest BCUT2D eigenvalue weighted by Crippen LogP contribution is -2.49. The number of carboxylic acid groups (broad SMARTS) is 1. The topological polar surface area (TPSA) is 90.0 Å². The molecule has 100 valence electrons. The predicted octanol–water partition coefficient (Wildman–Crippen LogP) is -0.523. The van der Waals surface area contributed by atoms with Crippen molar-refractivity contribution in [3.8, 4) is 0 Å². The van der Waals surface area contributed by atoms with Crippen LogP contribution in [0.15, 0.2) is 0 Å². The Bertz CT molecular complexity index is 371. The van der Waals surface area contributed by atoms with Crippen LogP contribution in [0, 0.1) is 0 Å². The number of aliphatic carboxylic acids is 1. The average molecular weight is 255 g/mol. The van der Waals surface area contributed by atoms with Gasteiger partial charge in [-0.3, -0.25) is 4.79 Å². The lowest BCUT2D eigenvalue weighted by molar-refractivity contribution is -0.141. The summed E-state index contributed by atoms with van der Waals surface area (Å²) >= 11 is 0. The standard InChI is InChI=1S/C11H17N3O4/c15-9-7-13(5-2-4-12-9)11(18)14-6-1-3-8(14)10(16)17/h8H,1-7H2,(H,12,15)(H,16,17)/t8-/m0/s1. The number of likely N-dealkylation sites (tertiary alicyclic amines) is 1. The number of nitrogens with zero attached hydrogens (tertiary/aromatic N) is 2. The van der Waals surface area contributed by atoms with Crippen LogP contribution in [0.25, 0.3) is 0 Å². The third-order valence-corrected chi connectivity index (χ3v) is 3.32. The molecule has 0 spiro atoms. The number of hydrogen-bond donors (Lipinski definition) is 2. The summed E-state index contributed by atoms with van der Waals surface area (Å²) in [7, 11) is 0. The first-order valence-corrected chi connectivity index (χ1v) is 6.14. The van der Waals surface area contributed by atoms with Gasteiger partial charge < -0.3 is 20.2 Å². The van der Waals surface area contributed by atoms with Gasteiger partial charge in [-0.05, 0) is 19.3 Å². The molecule has 0 saturated carbocycles. The highest BCUT2D eigenvalue weighted by molar-refractivity contribution is 5.87. The van der Waals surface area contributed by atoms with Crippen LogP contribution < -0.4 is 5.32 Å². The molecule has 0 aromatic rings. The lowest BCUT2D eigenvalue weighted by atomic mass is 10.2. The number of rotatable bonds is 1. The Labute approximate surface area is 105 Å². The van der Waals surface area contributed by atoms with Gasteiger partial charge in [0.2, 0.25) is 5.91 Å². The van der Waals surface area contributed by atoms with Crippen molar-refractivity contribution in [1.29, 1.82) is 0 Å². The Hall–Kier alpha value is -1.79. The first kappa shape index (κ1) is 12.7. The van der Waals surface area contributed by atoms with Gasteiger partial charge in [0.15, 0.2) is 0 Å². The minimum absolute atomic E-state index is 0.0155. The van der Waals surface area contributed by atoms with E-state index in [4.69, 9.17) is 5.11 Å². The fourth-order valence-electron chi connectivity index (χ4n) is 2.40. The van der Waals surface area contributed by atoms with Crippen molar-refractivity contribution in [3.05, 3.63) is 0 Å². The quantitative estimate of drug-likeness (QED) is 0.659. The first-order chi connectivity index (χ1) is 8.59. The van der Waals surface area contributed by atoms with Gasteiger partial charge in [0.1, 0.15) is 12.6 Å². The lowest BCUT2D eigenvalue weighted by Gasteiger charge is -2.28. The number of hydrogen-bond acceptors (Lipinski definition) is 3. The smallest absolute Gasteiger partial charge is 0.326 e. The SMILES string of the molecule is O=C1CN(C(=O)N2CCC[C@H]2C(=O)O)CCCN1. The Balaban J connectivity index is 2.05. The second-order valence-electron chi connectivity index (χ2n) is 4.60. The maximum Gasteiger partial charge on any atom is 0.326 e. The Morgan fingerprint density at radius 2 is 2.06 bits per heavy atom. The van der Waals surface area contributed by atoms with E-state index in [1.165, 1.54) is 9.80 Å². The summed E-state index contributed by atoms with van der Waals surface area (Å²) in [5, 5.41) is 11.7. The van der Waals surface area contributed by atoms with Crippen molar-refractivity contribution in [2.75, 3.05) is 26.2 Å². The zero-order valence-corrected chi connectivity index (χ0v) is 10.1. The highest BCUT2D eigenvalue weighted by Crippen LogP contribution is 2.19. The molecule has 2 aliphatic rings. The van der Waals surface area contributed by atoms with Crippen molar-refractivity contribution in [2.45, 2.75) is 25.3 Å². The van der Waals surface area contributed by atoms with E-state index >= 15 is 0 Å². The molecule has 2 fully saturated rings. The molecule has 0 aromatic carbocycles. The average Bonchev–Trinajstić information content (AvgIpc) is 2.72. The molecule has 0 radical (unpaired) electrons. The van der Waals surface area contributed by atoms with Crippen LogP contribution in [0.5, 0.6) is 0 Å². The fraction of sp³-hybridized carbons (Fsp3) is 0.727. The van der Waals surface area contributed by atoms with Crippen LogP contribution >= 0.6 is 0 Å². The number of carboxylic acids is 1. The molecule has 2 rings (SSSR count). The van der Waals surface area contributed by atoms with Gasteiger partial charge in [-0.25, -0.2) is 9.59 Å². The van der Waals surface area contributed by atoms with Crippen molar-refractivity contribution in [2.24, 2.45) is 0 Å². The molecule has 2 aliphatic heterocycles. The first-order valence-electron chi connectivity index (χ1n) is 6.14. The summed E-state index contributed by atoms with van der Waals surface area (Å²) in [4.78, 5) is 37.4. The maximum absolute atomic E-state index is 12.2. The molecule has 0 unspecified atom stereocenters. The minimum Gasteiger partial charge on any atom is -0.480 e. The predicted molar refractivity (Wildman–Crippen MR) is 62.0 cm³/mol. The molecule has 0 aromatic heterocycles. The molecule has 2 heterocycles. The highest BCUT2D eigenvalue weighted by atomic mass is 16.4. The van der Waals surface area contributed by atoms with Crippen LogP contribution in [0.4, 0.5) is 4.79 Å². The summed E-state index contributed by atoms with van der Waals surface area (Å²) < 4.78 is 0. The molecular weight excluding hydrogens is 238 g/mol. The van der Waals surface area contributed by atoms with Crippen LogP contribution in [0.2, 0.25) is 0 Å². The zero-order valence-electron chi connectivity index (χ0n) is 10.1. The van der Waals surface area contributed by atoms with Crippen molar-refractivity contribution < 1.29 is 19.5 Å². The number of amides is 3. The van der Waals surface area contributed by atoms with E-state index in [0.717, 1.165) is 0 Å². The summed E-state index contributed by atoms with van der Waals surface area (Å²) in [6.45, 7) is 1.51. The second kappa shape index (κ2) is 5.24. The number of urea groups is 1. The molecule has 0 aliphatic carbocycles. The molecule has 1 atom stereocenters. The van der Waals surface area contributed by atoms with E-state index in [1.807, 2.05) is 0 Å². The van der Waals surface area contributed by atoms with Gasteiger partial charge in [0.25, 0.3) is 0 Å². The van der Waals surface area contributed by atoms with Gasteiger partial charge in [-0.15, -0.1) is 0 Å². The summed E-state index contributed by atoms with van der Waals surface area (Å²) in [5.74, 6) is -1.16. The maximum atomic E-state index is 12.2. The molecule has 18 heavy (non-hydrogen) atoms. The van der Waals surface area contributed by atoms with Crippen molar-refractivity contribution >= 4 is 17.9 Å². The van der Waals surface area contributed by atoms with E-state index in [-0.39, 0.29) is 18.5 Å². The van der Waals surface area contributed by atoms with E-state index < -0.39 is 12.0 Å². The van der Waals surface area contributed by atoms with E-state index in [0.29, 0.717) is 38.9 Å². The molecule has 7 nitrogen and oxygen atoms in total. The van der Waals surface area contributed by atoms with Gasteiger partial charge in [0.05, 0.1) is 0 Å². The molecular formula is C11H17N3O4. The Morgan fingerprint density at radius 3 is 2.78 bits per heavy atom. The van der Waals surface area contributed by atoms with E-state index in [9.17, 15) is 14.4 Å². The Kier molecular flexibility index (Phi) is 3.69. The Morgan fingerprint density at radius 1 is 1.28 bits per heavy atom. The molecule has 3 amide bonds. The number of nitrogens with one attached hydrogen (secondary N) is 1. The van der Waals surface area contributed by atoms with Gasteiger partial charge in [0, 0.05) is 19.6 Å². The van der Waals surface area contributed by atoms with Crippen LogP contribution in [-0.4, -0.2) is 65.0 Å². The molecule has 2 N–H and O–H groups in total. The number of carbonyl (C=O) groups excluding carboxylic acids is 2. The van der Waals surface area contributed by atoms with Gasteiger partial charge in [-0.2, -0.15) is 0 Å². The molecule has 2 saturated heterocycles. The van der Waals surface area contributed by atoms with Gasteiger partial charge >= 0.3 is 12.0 Å². The summed E-state index contributed by atoms with van der Waals surface area (Å²) in [5.41, 5.74) is 0. The normalized spacial score (nSPS) is 24.7. The van der Waals surface area contributed by atoms with Gasteiger partial charge in [-0.1, -0.05) is 0 Å². The largest absolute Gasteiger partial charge is 0.480 e. The zero-order chi connectivity index (χ0) is 13.1. The van der Waals surface area contributed by atoms with E-state index in [1.54, 1.807) is 0 Å². The van der Waals surface area contributed by atoms with E-state index in [2.05, 4.69) is 5.32 Å². The van der Waals surface area contributed by atoms with Crippen molar-refractivity contribution in [1.82, 2.24) is 15.1 Å². The van der Waals surface area contributed by atoms with Crippen LogP contribution in [-0.2, 0) is 9.59 Å². The summed E-state index contributed by atoms with van der Waals surface area (Å²) in [6.07, 6.45) is 1.88. The molecule has 7 heteroatoms. The fourth-order valence-corrected chi connectivity index (χ4v) is 2.40. The second-order valence-corrected chi connectivity index (χ2v) is 4.60. The highest BCUT2D eigenvalue weighted by Gasteiger charge is 2.36. The third-order valence-electron chi connectivity index (χ3n) is 3.32. The third kappa shape index (κ3) is 2.55. The van der Waals surface area contributed by atoms with Crippen LogP contribution in [0.3, 0.4) is 0 Å². The monoisotopic (exact) mass is 255 g/mol. The van der Waals surface area contributed by atoms with Crippen LogP contribution in [0.1, 0.15) is 19.3 Å². The minimum atomic E-state index is -0.972. The molecule has 0 bridgehead atoms.